The molecule has 0 aromatic heterocycles. The Labute approximate surface area is 113 Å². The van der Waals surface area contributed by atoms with Gasteiger partial charge >= 0.3 is 0 Å². The maximum atomic E-state index is 12.5. The Bertz CT molecular complexity index is 429. The van der Waals surface area contributed by atoms with Gasteiger partial charge in [-0.05, 0) is 25.7 Å². The molecule has 1 aromatic rings. The zero-order valence-electron chi connectivity index (χ0n) is 11.1. The van der Waals surface area contributed by atoms with Gasteiger partial charge in [-0.2, -0.15) is 0 Å². The summed E-state index contributed by atoms with van der Waals surface area (Å²) >= 11 is 0. The molecule has 3 nitrogen and oxygen atoms in total. The first-order chi connectivity index (χ1) is 9.29. The Morgan fingerprint density at radius 1 is 1.11 bits per heavy atom. The van der Waals surface area contributed by atoms with Crippen LogP contribution in [0.25, 0.3) is 0 Å². The number of ether oxygens (including phenoxy) is 2. The molecule has 3 rings (SSSR count). The maximum Gasteiger partial charge on any atom is 0.166 e. The summed E-state index contributed by atoms with van der Waals surface area (Å²) in [6.45, 7) is 2.21. The highest BCUT2D eigenvalue weighted by Crippen LogP contribution is 2.38. The van der Waals surface area contributed by atoms with Crippen LogP contribution in [0.3, 0.4) is 0 Å². The van der Waals surface area contributed by atoms with Crippen LogP contribution in [0.4, 0.5) is 0 Å². The minimum Gasteiger partial charge on any atom is -0.381 e. The van der Waals surface area contributed by atoms with Gasteiger partial charge in [0.2, 0.25) is 0 Å². The molecule has 0 radical (unpaired) electrons. The topological polar surface area (TPSA) is 35.5 Å². The van der Waals surface area contributed by atoms with E-state index in [1.165, 1.54) is 0 Å². The van der Waals surface area contributed by atoms with E-state index in [9.17, 15) is 4.79 Å². The summed E-state index contributed by atoms with van der Waals surface area (Å²) in [7, 11) is 0. The first kappa shape index (κ1) is 12.8. The Balaban J connectivity index is 1.73. The molecule has 0 N–H and O–H groups in total. The number of ketones is 1. The summed E-state index contributed by atoms with van der Waals surface area (Å²) in [4.78, 5) is 12.5. The number of hydrogen-bond donors (Lipinski definition) is 0. The number of carbonyl (C=O) groups excluding carboxylic acids is 1. The van der Waals surface area contributed by atoms with Gasteiger partial charge in [-0.15, -0.1) is 0 Å². The molecule has 0 saturated carbocycles. The molecular weight excluding hydrogens is 240 g/mol. The van der Waals surface area contributed by atoms with Crippen molar-refractivity contribution in [1.82, 2.24) is 0 Å². The quantitative estimate of drug-likeness (QED) is 0.767. The Hall–Kier alpha value is -1.19. The highest BCUT2D eigenvalue weighted by atomic mass is 16.5. The molecule has 0 aliphatic carbocycles. The number of hydrogen-bond acceptors (Lipinski definition) is 3. The van der Waals surface area contributed by atoms with Crippen LogP contribution in [0.5, 0.6) is 0 Å². The first-order valence-corrected chi connectivity index (χ1v) is 7.10. The second-order valence-electron chi connectivity index (χ2n) is 5.56. The molecule has 3 heteroatoms. The van der Waals surface area contributed by atoms with E-state index < -0.39 is 0 Å². The van der Waals surface area contributed by atoms with E-state index in [4.69, 9.17) is 9.47 Å². The first-order valence-electron chi connectivity index (χ1n) is 7.10. The van der Waals surface area contributed by atoms with Gasteiger partial charge in [-0.3, -0.25) is 4.79 Å². The molecule has 1 aromatic carbocycles. The van der Waals surface area contributed by atoms with Gasteiger partial charge in [-0.25, -0.2) is 0 Å². The Morgan fingerprint density at radius 2 is 1.84 bits per heavy atom. The molecule has 2 heterocycles. The minimum absolute atomic E-state index is 0.106. The average Bonchev–Trinajstić information content (AvgIpc) is 2.48. The molecule has 2 aliphatic heterocycles. The van der Waals surface area contributed by atoms with E-state index in [2.05, 4.69) is 0 Å². The maximum absolute atomic E-state index is 12.5. The van der Waals surface area contributed by atoms with E-state index in [-0.39, 0.29) is 17.3 Å². The van der Waals surface area contributed by atoms with Crippen LogP contribution in [0, 0.1) is 5.92 Å². The molecular formula is C16H20O3. The SMILES string of the molecule is O=C(c1ccccc1)C1CCOC2(CCOCC2)C1. The van der Waals surface area contributed by atoms with Gasteiger partial charge in [0.15, 0.2) is 5.78 Å². The summed E-state index contributed by atoms with van der Waals surface area (Å²) in [5, 5.41) is 0. The van der Waals surface area contributed by atoms with Gasteiger partial charge < -0.3 is 9.47 Å². The van der Waals surface area contributed by atoms with Crippen LogP contribution in [0.1, 0.15) is 36.0 Å². The highest BCUT2D eigenvalue weighted by molar-refractivity contribution is 5.97. The van der Waals surface area contributed by atoms with Gasteiger partial charge in [0.05, 0.1) is 5.60 Å². The highest BCUT2D eigenvalue weighted by Gasteiger charge is 2.41. The molecule has 1 atom stereocenters. The summed E-state index contributed by atoms with van der Waals surface area (Å²) < 4.78 is 11.4. The van der Waals surface area contributed by atoms with Gasteiger partial charge in [0.25, 0.3) is 0 Å². The van der Waals surface area contributed by atoms with Crippen molar-refractivity contribution in [3.8, 4) is 0 Å². The number of carbonyl (C=O) groups is 1. The molecule has 19 heavy (non-hydrogen) atoms. The van der Waals surface area contributed by atoms with Crippen LogP contribution in [0.2, 0.25) is 0 Å². The predicted octanol–water partition coefficient (Wildman–Crippen LogP) is 2.85. The normalized spacial score (nSPS) is 26.2. The summed E-state index contributed by atoms with van der Waals surface area (Å²) in [6, 6.07) is 9.62. The Morgan fingerprint density at radius 3 is 2.58 bits per heavy atom. The van der Waals surface area contributed by atoms with Crippen molar-refractivity contribution in [3.05, 3.63) is 35.9 Å². The third-order valence-electron chi connectivity index (χ3n) is 4.33. The molecule has 0 amide bonds. The molecule has 2 fully saturated rings. The lowest BCUT2D eigenvalue weighted by Gasteiger charge is -2.42. The number of Topliss-reactive ketones (excluding diaryl/α,β-unsaturated/α-hetero) is 1. The largest absolute Gasteiger partial charge is 0.381 e. The van der Waals surface area contributed by atoms with E-state index in [1.54, 1.807) is 0 Å². The van der Waals surface area contributed by atoms with Crippen LogP contribution in [-0.4, -0.2) is 31.2 Å². The van der Waals surface area contributed by atoms with Crippen LogP contribution >= 0.6 is 0 Å². The van der Waals surface area contributed by atoms with E-state index >= 15 is 0 Å². The lowest BCUT2D eigenvalue weighted by molar-refractivity contribution is -0.142. The zero-order chi connectivity index (χ0) is 13.1. The van der Waals surface area contributed by atoms with Crippen molar-refractivity contribution in [2.24, 2.45) is 5.92 Å². The van der Waals surface area contributed by atoms with Crippen molar-refractivity contribution >= 4 is 5.78 Å². The van der Waals surface area contributed by atoms with Gasteiger partial charge in [-0.1, -0.05) is 30.3 Å². The van der Waals surface area contributed by atoms with Crippen molar-refractivity contribution in [1.29, 1.82) is 0 Å². The standard InChI is InChI=1S/C16H20O3/c17-15(13-4-2-1-3-5-13)14-6-9-19-16(12-14)7-10-18-11-8-16/h1-5,14H,6-12H2. The van der Waals surface area contributed by atoms with E-state index in [0.717, 1.165) is 44.5 Å². The van der Waals surface area contributed by atoms with Gasteiger partial charge in [0, 0.05) is 31.3 Å². The lowest BCUT2D eigenvalue weighted by Crippen LogP contribution is -2.45. The van der Waals surface area contributed by atoms with Crippen molar-refractivity contribution in [3.63, 3.8) is 0 Å². The third-order valence-corrected chi connectivity index (χ3v) is 4.33. The summed E-state index contributed by atoms with van der Waals surface area (Å²) in [5.74, 6) is 0.379. The van der Waals surface area contributed by atoms with Crippen LogP contribution < -0.4 is 0 Å². The summed E-state index contributed by atoms with van der Waals surface area (Å²) in [6.07, 6.45) is 3.54. The molecule has 1 unspecified atom stereocenters. The van der Waals surface area contributed by atoms with Crippen LogP contribution in [0.15, 0.2) is 30.3 Å². The minimum atomic E-state index is -0.106. The number of benzene rings is 1. The molecule has 2 aliphatic rings. The summed E-state index contributed by atoms with van der Waals surface area (Å²) in [5.41, 5.74) is 0.725. The fourth-order valence-electron chi connectivity index (χ4n) is 3.18. The number of rotatable bonds is 2. The average molecular weight is 260 g/mol. The van der Waals surface area contributed by atoms with Gasteiger partial charge in [0.1, 0.15) is 0 Å². The third kappa shape index (κ3) is 2.72. The van der Waals surface area contributed by atoms with Crippen molar-refractivity contribution < 1.29 is 14.3 Å². The molecule has 0 bridgehead atoms. The monoisotopic (exact) mass is 260 g/mol. The fraction of sp³-hybridized carbons (Fsp3) is 0.562. The van der Waals surface area contributed by atoms with E-state index in [0.29, 0.717) is 6.61 Å². The van der Waals surface area contributed by atoms with Crippen LogP contribution in [-0.2, 0) is 9.47 Å². The fourth-order valence-corrected chi connectivity index (χ4v) is 3.18. The lowest BCUT2D eigenvalue weighted by atomic mass is 9.78. The van der Waals surface area contributed by atoms with Crippen molar-refractivity contribution in [2.75, 3.05) is 19.8 Å². The predicted molar refractivity (Wildman–Crippen MR) is 72.2 cm³/mol. The molecule has 102 valence electrons. The second-order valence-corrected chi connectivity index (χ2v) is 5.56. The smallest absolute Gasteiger partial charge is 0.166 e. The molecule has 2 saturated heterocycles. The van der Waals surface area contributed by atoms with E-state index in [1.807, 2.05) is 30.3 Å². The van der Waals surface area contributed by atoms with Crippen molar-refractivity contribution in [2.45, 2.75) is 31.3 Å². The Kier molecular flexibility index (Phi) is 3.67. The zero-order valence-corrected chi connectivity index (χ0v) is 11.1. The second kappa shape index (κ2) is 5.43. The molecule has 1 spiro atoms.